The first-order valence-electron chi connectivity index (χ1n) is 10.6. The molecule has 1 aliphatic heterocycles. The first-order valence-corrected chi connectivity index (χ1v) is 10.6. The van der Waals surface area contributed by atoms with E-state index in [1.807, 2.05) is 4.90 Å². The Balaban J connectivity index is 1.76. The minimum Gasteiger partial charge on any atom is -0.354 e. The molecular weight excluding hydrogens is 388 g/mol. The van der Waals surface area contributed by atoms with Crippen molar-refractivity contribution in [2.75, 3.05) is 18.0 Å². The number of rotatable bonds is 6. The monoisotopic (exact) mass is 416 g/mol. The summed E-state index contributed by atoms with van der Waals surface area (Å²) < 4.78 is 1.78. The summed E-state index contributed by atoms with van der Waals surface area (Å²) in [6.45, 7) is 9.06. The summed E-state index contributed by atoms with van der Waals surface area (Å²) in [5, 5.41) is 15.5. The number of tetrazole rings is 1. The molecule has 0 saturated heterocycles. The zero-order chi connectivity index (χ0) is 22.0. The van der Waals surface area contributed by atoms with Crippen molar-refractivity contribution in [1.82, 2.24) is 25.5 Å². The van der Waals surface area contributed by atoms with Gasteiger partial charge in [0.1, 0.15) is 12.6 Å². The van der Waals surface area contributed by atoms with E-state index in [2.05, 4.69) is 103 Å². The summed E-state index contributed by atoms with van der Waals surface area (Å²) >= 11 is 0. The summed E-state index contributed by atoms with van der Waals surface area (Å²) in [4.78, 5) is 14.6. The second kappa shape index (κ2) is 8.71. The molecule has 31 heavy (non-hydrogen) atoms. The van der Waals surface area contributed by atoms with Gasteiger partial charge in [-0.2, -0.15) is 4.68 Å². The number of allylic oxidation sites excluding steroid dienone is 1. The molecule has 0 spiro atoms. The number of fused-ring (bicyclic) bond motifs is 1. The van der Waals surface area contributed by atoms with Gasteiger partial charge in [0.25, 0.3) is 5.95 Å². The predicted octanol–water partition coefficient (Wildman–Crippen LogP) is 3.51. The zero-order valence-corrected chi connectivity index (χ0v) is 18.4. The van der Waals surface area contributed by atoms with Crippen molar-refractivity contribution in [2.24, 2.45) is 5.92 Å². The molecule has 7 heteroatoms. The Morgan fingerprint density at radius 2 is 1.68 bits per heavy atom. The van der Waals surface area contributed by atoms with Gasteiger partial charge in [-0.05, 0) is 47.4 Å². The molecular formula is C24H28N6O. The molecule has 0 radical (unpaired) electrons. The molecule has 7 nitrogen and oxygen atoms in total. The van der Waals surface area contributed by atoms with Gasteiger partial charge < -0.3 is 5.32 Å². The van der Waals surface area contributed by atoms with Crippen LogP contribution >= 0.6 is 0 Å². The molecule has 1 atom stereocenters. The van der Waals surface area contributed by atoms with Crippen molar-refractivity contribution < 1.29 is 4.79 Å². The van der Waals surface area contributed by atoms with Crippen molar-refractivity contribution in [3.8, 4) is 0 Å². The lowest BCUT2D eigenvalue weighted by Gasteiger charge is -2.32. The number of nitrogens with zero attached hydrogens (tertiary/aromatic N) is 5. The highest BCUT2D eigenvalue weighted by atomic mass is 16.2. The van der Waals surface area contributed by atoms with Gasteiger partial charge in [-0.15, -0.1) is 0 Å². The molecule has 0 aliphatic carbocycles. The molecule has 160 valence electrons. The standard InChI is InChI=1S/C24H28N6O/c1-16(2)14-25-23(31)15-29-21(19-9-5-17(3)6-10-19)13-22(30-24(29)26-27-28-30)20-11-7-18(4)8-12-20/h5-13,16,22H,14-15H2,1-4H3,(H,25,31). The Bertz CT molecular complexity index is 1080. The van der Waals surface area contributed by atoms with E-state index in [0.29, 0.717) is 18.4 Å². The van der Waals surface area contributed by atoms with Crippen LogP contribution in [0.15, 0.2) is 54.6 Å². The summed E-state index contributed by atoms with van der Waals surface area (Å²) in [5.41, 5.74) is 5.41. The van der Waals surface area contributed by atoms with E-state index in [4.69, 9.17) is 0 Å². The number of amides is 1. The van der Waals surface area contributed by atoms with Crippen LogP contribution in [-0.2, 0) is 4.79 Å². The smallest absolute Gasteiger partial charge is 0.251 e. The van der Waals surface area contributed by atoms with Crippen LogP contribution in [0.2, 0.25) is 0 Å². The van der Waals surface area contributed by atoms with Gasteiger partial charge in [0.05, 0.1) is 5.70 Å². The Morgan fingerprint density at radius 3 is 2.32 bits per heavy atom. The third-order valence-electron chi connectivity index (χ3n) is 5.36. The number of benzene rings is 2. The zero-order valence-electron chi connectivity index (χ0n) is 18.4. The highest BCUT2D eigenvalue weighted by Crippen LogP contribution is 2.36. The van der Waals surface area contributed by atoms with Crippen LogP contribution in [0.3, 0.4) is 0 Å². The Labute approximate surface area is 182 Å². The minimum absolute atomic E-state index is 0.0601. The molecule has 2 aromatic carbocycles. The maximum absolute atomic E-state index is 12.7. The largest absolute Gasteiger partial charge is 0.354 e. The Morgan fingerprint density at radius 1 is 1.03 bits per heavy atom. The van der Waals surface area contributed by atoms with Crippen molar-refractivity contribution in [3.05, 3.63) is 76.9 Å². The summed E-state index contributed by atoms with van der Waals surface area (Å²) in [6, 6.07) is 16.5. The van der Waals surface area contributed by atoms with Crippen LogP contribution in [-0.4, -0.2) is 39.2 Å². The number of aromatic nitrogens is 4. The normalized spacial score (nSPS) is 15.6. The SMILES string of the molecule is Cc1ccc(C2=CC(c3ccc(C)cc3)n3nnnc3N2CC(=O)NCC(C)C)cc1. The average Bonchev–Trinajstić information content (AvgIpc) is 3.24. The minimum atomic E-state index is -0.156. The van der Waals surface area contributed by atoms with Crippen molar-refractivity contribution in [1.29, 1.82) is 0 Å². The molecule has 1 N–H and O–H groups in total. The molecule has 1 amide bonds. The number of hydrogen-bond donors (Lipinski definition) is 1. The van der Waals surface area contributed by atoms with E-state index >= 15 is 0 Å². The third kappa shape index (κ3) is 4.50. The van der Waals surface area contributed by atoms with Crippen molar-refractivity contribution >= 4 is 17.6 Å². The second-order valence-corrected chi connectivity index (χ2v) is 8.48. The molecule has 2 heterocycles. The van der Waals surface area contributed by atoms with Crippen LogP contribution in [0.1, 0.15) is 42.1 Å². The van der Waals surface area contributed by atoms with E-state index in [9.17, 15) is 4.79 Å². The van der Waals surface area contributed by atoms with E-state index in [1.54, 1.807) is 4.68 Å². The first kappa shape index (κ1) is 20.8. The van der Waals surface area contributed by atoms with Crippen molar-refractivity contribution in [2.45, 2.75) is 33.7 Å². The van der Waals surface area contributed by atoms with Gasteiger partial charge in [0, 0.05) is 6.54 Å². The summed E-state index contributed by atoms with van der Waals surface area (Å²) in [5.74, 6) is 0.882. The van der Waals surface area contributed by atoms with Gasteiger partial charge in [-0.25, -0.2) is 0 Å². The first-order chi connectivity index (χ1) is 14.9. The lowest BCUT2D eigenvalue weighted by molar-refractivity contribution is -0.119. The number of hydrogen-bond acceptors (Lipinski definition) is 5. The third-order valence-corrected chi connectivity index (χ3v) is 5.36. The molecule has 0 bridgehead atoms. The maximum atomic E-state index is 12.7. The average molecular weight is 417 g/mol. The van der Waals surface area contributed by atoms with Gasteiger partial charge in [-0.3, -0.25) is 9.69 Å². The molecule has 1 aromatic heterocycles. The molecule has 3 aromatic rings. The Kier molecular flexibility index (Phi) is 5.84. The Hall–Kier alpha value is -3.48. The van der Waals surface area contributed by atoms with E-state index in [1.165, 1.54) is 11.1 Å². The molecule has 4 rings (SSSR count). The highest BCUT2D eigenvalue weighted by Gasteiger charge is 2.31. The quantitative estimate of drug-likeness (QED) is 0.665. The van der Waals surface area contributed by atoms with Gasteiger partial charge in [0.2, 0.25) is 5.91 Å². The fourth-order valence-electron chi connectivity index (χ4n) is 3.62. The van der Waals surface area contributed by atoms with Crippen LogP contribution in [0.5, 0.6) is 0 Å². The van der Waals surface area contributed by atoms with Crippen LogP contribution in [0.4, 0.5) is 5.95 Å². The van der Waals surface area contributed by atoms with Crippen LogP contribution in [0, 0.1) is 19.8 Å². The topological polar surface area (TPSA) is 75.9 Å². The molecule has 1 aliphatic rings. The number of carbonyl (C=O) groups is 1. The van der Waals surface area contributed by atoms with E-state index in [0.717, 1.165) is 16.8 Å². The van der Waals surface area contributed by atoms with E-state index < -0.39 is 0 Å². The maximum Gasteiger partial charge on any atom is 0.251 e. The fourth-order valence-corrected chi connectivity index (χ4v) is 3.62. The molecule has 0 saturated carbocycles. The van der Waals surface area contributed by atoms with E-state index in [-0.39, 0.29) is 18.5 Å². The van der Waals surface area contributed by atoms with Gasteiger partial charge >= 0.3 is 0 Å². The van der Waals surface area contributed by atoms with Crippen LogP contribution in [0.25, 0.3) is 5.70 Å². The van der Waals surface area contributed by atoms with Crippen LogP contribution < -0.4 is 10.2 Å². The van der Waals surface area contributed by atoms with Crippen molar-refractivity contribution in [3.63, 3.8) is 0 Å². The summed E-state index contributed by atoms with van der Waals surface area (Å²) in [7, 11) is 0. The molecule has 0 fully saturated rings. The number of nitrogens with one attached hydrogen (secondary N) is 1. The summed E-state index contributed by atoms with van der Waals surface area (Å²) in [6.07, 6.45) is 2.13. The second-order valence-electron chi connectivity index (χ2n) is 8.48. The predicted molar refractivity (Wildman–Crippen MR) is 121 cm³/mol. The van der Waals surface area contributed by atoms with Gasteiger partial charge in [0.15, 0.2) is 0 Å². The molecule has 1 unspecified atom stereocenters. The number of anilines is 1. The fraction of sp³-hybridized carbons (Fsp3) is 0.333. The number of aryl methyl sites for hydroxylation is 2. The highest BCUT2D eigenvalue weighted by molar-refractivity contribution is 5.89. The van der Waals surface area contributed by atoms with Gasteiger partial charge in [-0.1, -0.05) is 78.6 Å². The number of carbonyl (C=O) groups excluding carboxylic acids is 1. The lowest BCUT2D eigenvalue weighted by Crippen LogP contribution is -2.41. The lowest BCUT2D eigenvalue weighted by atomic mass is 9.99.